The number of benzene rings is 1. The second kappa shape index (κ2) is 6.04. The standard InChI is InChI=1S/C13H15BrClNO2/c1-16(10-4-6-18-7-5-10)13(17)11-3-2-9(15)8-12(11)14/h2-3,8,10H,4-7H2,1H3. The molecule has 1 aromatic carbocycles. The normalized spacial score (nSPS) is 16.6. The van der Waals surface area contributed by atoms with Crippen LogP contribution in [-0.4, -0.2) is 37.1 Å². The zero-order valence-electron chi connectivity index (χ0n) is 10.2. The van der Waals surface area contributed by atoms with Gasteiger partial charge in [-0.2, -0.15) is 0 Å². The van der Waals surface area contributed by atoms with E-state index in [1.54, 1.807) is 23.1 Å². The van der Waals surface area contributed by atoms with E-state index in [0.717, 1.165) is 30.5 Å². The summed E-state index contributed by atoms with van der Waals surface area (Å²) in [6.07, 6.45) is 1.79. The van der Waals surface area contributed by atoms with Crippen LogP contribution in [0.2, 0.25) is 5.02 Å². The molecule has 0 aromatic heterocycles. The van der Waals surface area contributed by atoms with E-state index in [1.807, 2.05) is 7.05 Å². The first-order valence-corrected chi connectivity index (χ1v) is 7.06. The lowest BCUT2D eigenvalue weighted by Gasteiger charge is -2.31. The van der Waals surface area contributed by atoms with Gasteiger partial charge in [0.15, 0.2) is 0 Å². The number of hydrogen-bond donors (Lipinski definition) is 0. The van der Waals surface area contributed by atoms with E-state index < -0.39 is 0 Å². The summed E-state index contributed by atoms with van der Waals surface area (Å²) in [6.45, 7) is 1.45. The van der Waals surface area contributed by atoms with Gasteiger partial charge in [0, 0.05) is 35.8 Å². The summed E-state index contributed by atoms with van der Waals surface area (Å²) < 4.78 is 6.05. The van der Waals surface area contributed by atoms with Crippen molar-refractivity contribution in [3.8, 4) is 0 Å². The first-order valence-electron chi connectivity index (χ1n) is 5.89. The summed E-state index contributed by atoms with van der Waals surface area (Å²) in [5, 5.41) is 0.618. The number of amides is 1. The molecule has 1 aliphatic rings. The largest absolute Gasteiger partial charge is 0.381 e. The van der Waals surface area contributed by atoms with Crippen LogP contribution in [0.5, 0.6) is 0 Å². The molecular weight excluding hydrogens is 318 g/mol. The molecule has 1 fully saturated rings. The van der Waals surface area contributed by atoms with Gasteiger partial charge in [-0.05, 0) is 47.0 Å². The molecule has 0 saturated carbocycles. The lowest BCUT2D eigenvalue weighted by molar-refractivity contribution is 0.0361. The van der Waals surface area contributed by atoms with Crippen LogP contribution in [0.3, 0.4) is 0 Å². The maximum atomic E-state index is 12.4. The van der Waals surface area contributed by atoms with E-state index in [4.69, 9.17) is 16.3 Å². The molecule has 0 radical (unpaired) electrons. The second-order valence-electron chi connectivity index (χ2n) is 4.38. The number of ether oxygens (including phenoxy) is 1. The molecule has 98 valence electrons. The molecule has 1 amide bonds. The molecule has 0 aliphatic carbocycles. The van der Waals surface area contributed by atoms with E-state index in [9.17, 15) is 4.79 Å². The molecule has 0 N–H and O–H groups in total. The first kappa shape index (κ1) is 13.8. The summed E-state index contributed by atoms with van der Waals surface area (Å²) >= 11 is 9.26. The number of carbonyl (C=O) groups is 1. The molecule has 2 rings (SSSR count). The van der Waals surface area contributed by atoms with Crippen LogP contribution >= 0.6 is 27.5 Å². The predicted octanol–water partition coefficient (Wildman–Crippen LogP) is 3.35. The highest BCUT2D eigenvalue weighted by molar-refractivity contribution is 9.10. The molecule has 0 bridgehead atoms. The van der Waals surface area contributed by atoms with E-state index in [2.05, 4.69) is 15.9 Å². The van der Waals surface area contributed by atoms with Crippen LogP contribution in [0.15, 0.2) is 22.7 Å². The number of carbonyl (C=O) groups excluding carboxylic acids is 1. The van der Waals surface area contributed by atoms with Gasteiger partial charge < -0.3 is 9.64 Å². The SMILES string of the molecule is CN(C(=O)c1ccc(Cl)cc1Br)C1CCOCC1. The molecule has 1 heterocycles. The Morgan fingerprint density at radius 2 is 2.11 bits per heavy atom. The average Bonchev–Trinajstić information content (AvgIpc) is 2.38. The summed E-state index contributed by atoms with van der Waals surface area (Å²) in [5.74, 6) is 0.0189. The van der Waals surface area contributed by atoms with Crippen LogP contribution in [0, 0.1) is 0 Å². The van der Waals surface area contributed by atoms with Crippen LogP contribution in [-0.2, 0) is 4.74 Å². The van der Waals surface area contributed by atoms with Gasteiger partial charge in [0.1, 0.15) is 0 Å². The van der Waals surface area contributed by atoms with E-state index >= 15 is 0 Å². The predicted molar refractivity (Wildman–Crippen MR) is 75.1 cm³/mol. The maximum absolute atomic E-state index is 12.4. The van der Waals surface area contributed by atoms with Crippen LogP contribution < -0.4 is 0 Å². The molecular formula is C13H15BrClNO2. The van der Waals surface area contributed by atoms with Gasteiger partial charge in [0.25, 0.3) is 5.91 Å². The lowest BCUT2D eigenvalue weighted by atomic mass is 10.1. The highest BCUT2D eigenvalue weighted by Gasteiger charge is 2.24. The third kappa shape index (κ3) is 3.05. The Morgan fingerprint density at radius 1 is 1.44 bits per heavy atom. The highest BCUT2D eigenvalue weighted by atomic mass is 79.9. The third-order valence-electron chi connectivity index (χ3n) is 3.22. The lowest BCUT2D eigenvalue weighted by Crippen LogP contribution is -2.40. The molecule has 3 nitrogen and oxygen atoms in total. The van der Waals surface area contributed by atoms with E-state index in [0.29, 0.717) is 10.6 Å². The van der Waals surface area contributed by atoms with Crippen molar-refractivity contribution in [2.24, 2.45) is 0 Å². The number of rotatable bonds is 2. The Balaban J connectivity index is 2.14. The quantitative estimate of drug-likeness (QED) is 0.831. The maximum Gasteiger partial charge on any atom is 0.254 e. The van der Waals surface area contributed by atoms with E-state index in [1.165, 1.54) is 0 Å². The summed E-state index contributed by atoms with van der Waals surface area (Å²) in [7, 11) is 1.85. The fourth-order valence-corrected chi connectivity index (χ4v) is 2.94. The number of hydrogen-bond acceptors (Lipinski definition) is 2. The highest BCUT2D eigenvalue weighted by Crippen LogP contribution is 2.24. The molecule has 0 spiro atoms. The van der Waals surface area contributed by atoms with Crippen LogP contribution in [0.25, 0.3) is 0 Å². The average molecular weight is 333 g/mol. The van der Waals surface area contributed by atoms with Gasteiger partial charge in [-0.25, -0.2) is 0 Å². The zero-order valence-corrected chi connectivity index (χ0v) is 12.5. The summed E-state index contributed by atoms with van der Waals surface area (Å²) in [6, 6.07) is 5.49. The zero-order chi connectivity index (χ0) is 13.1. The first-order chi connectivity index (χ1) is 8.59. The molecule has 1 aromatic rings. The summed E-state index contributed by atoms with van der Waals surface area (Å²) in [5.41, 5.74) is 0.647. The summed E-state index contributed by atoms with van der Waals surface area (Å²) in [4.78, 5) is 14.2. The van der Waals surface area contributed by atoms with Crippen molar-refractivity contribution in [3.05, 3.63) is 33.3 Å². The Morgan fingerprint density at radius 3 is 2.72 bits per heavy atom. The van der Waals surface area contributed by atoms with E-state index in [-0.39, 0.29) is 11.9 Å². The van der Waals surface area contributed by atoms with Crippen LogP contribution in [0.4, 0.5) is 0 Å². The molecule has 1 saturated heterocycles. The Bertz CT molecular complexity index is 447. The minimum atomic E-state index is 0.0189. The van der Waals surface area contributed by atoms with Crippen molar-refractivity contribution in [2.75, 3.05) is 20.3 Å². The Labute approximate surface area is 120 Å². The fourth-order valence-electron chi connectivity index (χ4n) is 2.09. The molecule has 0 unspecified atom stereocenters. The van der Waals surface area contributed by atoms with Crippen molar-refractivity contribution in [1.29, 1.82) is 0 Å². The molecule has 1 aliphatic heterocycles. The van der Waals surface area contributed by atoms with Crippen molar-refractivity contribution < 1.29 is 9.53 Å². The Hall–Kier alpha value is -0.580. The number of halogens is 2. The van der Waals surface area contributed by atoms with Crippen LogP contribution in [0.1, 0.15) is 23.2 Å². The van der Waals surface area contributed by atoms with Gasteiger partial charge in [-0.15, -0.1) is 0 Å². The minimum Gasteiger partial charge on any atom is -0.381 e. The van der Waals surface area contributed by atoms with Crippen molar-refractivity contribution in [1.82, 2.24) is 4.90 Å². The number of nitrogens with zero attached hydrogens (tertiary/aromatic N) is 1. The molecule has 0 atom stereocenters. The third-order valence-corrected chi connectivity index (χ3v) is 4.11. The van der Waals surface area contributed by atoms with Crippen molar-refractivity contribution >= 4 is 33.4 Å². The fraction of sp³-hybridized carbons (Fsp3) is 0.462. The van der Waals surface area contributed by atoms with Gasteiger partial charge in [0.2, 0.25) is 0 Å². The second-order valence-corrected chi connectivity index (χ2v) is 5.67. The van der Waals surface area contributed by atoms with Gasteiger partial charge in [0.05, 0.1) is 5.56 Å². The Kier molecular flexibility index (Phi) is 4.65. The molecule has 18 heavy (non-hydrogen) atoms. The minimum absolute atomic E-state index is 0.0189. The van der Waals surface area contributed by atoms with Gasteiger partial charge in [-0.3, -0.25) is 4.79 Å². The van der Waals surface area contributed by atoms with Crippen molar-refractivity contribution in [3.63, 3.8) is 0 Å². The smallest absolute Gasteiger partial charge is 0.254 e. The monoisotopic (exact) mass is 331 g/mol. The topological polar surface area (TPSA) is 29.5 Å². The van der Waals surface area contributed by atoms with Gasteiger partial charge in [-0.1, -0.05) is 11.6 Å². The van der Waals surface area contributed by atoms with Crippen molar-refractivity contribution in [2.45, 2.75) is 18.9 Å². The van der Waals surface area contributed by atoms with Gasteiger partial charge >= 0.3 is 0 Å². The molecule has 5 heteroatoms.